The maximum Gasteiger partial charge on any atom is 0.355 e. The topological polar surface area (TPSA) is 140 Å². The summed E-state index contributed by atoms with van der Waals surface area (Å²) in [7, 11) is 0. The molecule has 0 aliphatic carbocycles. The minimum atomic E-state index is -1.08. The predicted molar refractivity (Wildman–Crippen MR) is 111 cm³/mol. The molecule has 31 heavy (non-hydrogen) atoms. The molecule has 2 rings (SSSR count). The second kappa shape index (κ2) is 10.8. The lowest BCUT2D eigenvalue weighted by Gasteiger charge is -2.31. The third-order valence-electron chi connectivity index (χ3n) is 4.43. The van der Waals surface area contributed by atoms with E-state index in [0.717, 1.165) is 0 Å². The Bertz CT molecular complexity index is 991. The summed E-state index contributed by atoms with van der Waals surface area (Å²) in [4.78, 5) is 41.4. The molecule has 0 amide bonds. The zero-order valence-electron chi connectivity index (χ0n) is 17.8. The number of hydrogen-bond acceptors (Lipinski definition) is 8. The van der Waals surface area contributed by atoms with Gasteiger partial charge in [-0.2, -0.15) is 0 Å². The lowest BCUT2D eigenvalue weighted by molar-refractivity contribution is -0.143. The summed E-state index contributed by atoms with van der Waals surface area (Å²) in [6.07, 6.45) is 0. The molecule has 10 nitrogen and oxygen atoms in total. The van der Waals surface area contributed by atoms with Crippen molar-refractivity contribution in [3.05, 3.63) is 62.8 Å². The first-order valence-corrected chi connectivity index (χ1v) is 9.78. The molecule has 0 aromatic heterocycles. The number of dihydropyridines is 1. The molecule has 1 atom stereocenters. The second-order valence-electron chi connectivity index (χ2n) is 6.30. The van der Waals surface area contributed by atoms with E-state index >= 15 is 0 Å². The van der Waals surface area contributed by atoms with Gasteiger partial charge in [0.1, 0.15) is 5.70 Å². The Labute approximate surface area is 179 Å². The van der Waals surface area contributed by atoms with E-state index in [9.17, 15) is 14.4 Å². The van der Waals surface area contributed by atoms with Gasteiger partial charge in [0.05, 0.1) is 36.9 Å². The first kappa shape index (κ1) is 23.5. The highest BCUT2D eigenvalue weighted by molar-refractivity contribution is 6.06. The van der Waals surface area contributed by atoms with Gasteiger partial charge in [0.2, 0.25) is 0 Å². The molecule has 1 N–H and O–H groups in total. The van der Waals surface area contributed by atoms with Gasteiger partial charge in [-0.3, -0.25) is 0 Å². The van der Waals surface area contributed by atoms with Crippen LogP contribution in [0.4, 0.5) is 5.69 Å². The summed E-state index contributed by atoms with van der Waals surface area (Å²) in [5.74, 6) is -3.36. The maximum atomic E-state index is 13.0. The van der Waals surface area contributed by atoms with Crippen molar-refractivity contribution in [2.75, 3.05) is 19.8 Å². The number of esters is 3. The number of carbonyl (C=O) groups is 3. The first-order chi connectivity index (χ1) is 14.9. The number of azide groups is 1. The number of nitrogens with zero attached hydrogens (tertiary/aromatic N) is 3. The van der Waals surface area contributed by atoms with Crippen molar-refractivity contribution in [2.45, 2.75) is 33.6 Å². The van der Waals surface area contributed by atoms with Gasteiger partial charge in [0.25, 0.3) is 0 Å². The van der Waals surface area contributed by atoms with E-state index < -0.39 is 23.8 Å². The average Bonchev–Trinajstić information content (AvgIpc) is 2.74. The smallest absolute Gasteiger partial charge is 0.355 e. The minimum absolute atomic E-state index is 0.0423. The largest absolute Gasteiger partial charge is 0.463 e. The van der Waals surface area contributed by atoms with Gasteiger partial charge in [-0.15, -0.1) is 0 Å². The number of allylic oxidation sites excluding steroid dienone is 1. The van der Waals surface area contributed by atoms with Gasteiger partial charge >= 0.3 is 17.9 Å². The molecule has 164 valence electrons. The second-order valence-corrected chi connectivity index (χ2v) is 6.30. The number of ether oxygens (including phenoxy) is 3. The van der Waals surface area contributed by atoms with Crippen LogP contribution in [0.5, 0.6) is 0 Å². The normalized spacial score (nSPS) is 15.5. The van der Waals surface area contributed by atoms with Gasteiger partial charge in [-0.25, -0.2) is 14.4 Å². The molecule has 0 saturated carbocycles. The zero-order valence-corrected chi connectivity index (χ0v) is 17.8. The Morgan fingerprint density at radius 2 is 1.52 bits per heavy atom. The van der Waals surface area contributed by atoms with Crippen LogP contribution in [0.2, 0.25) is 0 Å². The molecule has 0 fully saturated rings. The number of benzene rings is 1. The molecule has 1 aromatic rings. The van der Waals surface area contributed by atoms with Gasteiger partial charge in [-0.05, 0) is 38.8 Å². The molecule has 1 unspecified atom stereocenters. The summed E-state index contributed by atoms with van der Waals surface area (Å²) in [5.41, 5.74) is 9.64. The van der Waals surface area contributed by atoms with Crippen molar-refractivity contribution >= 4 is 23.6 Å². The SMILES string of the molecule is CCOC(=O)C1=C(C(=O)OCC)C(c2ccccc2N=[N+]=[N-])C(C(=O)OCC)=C(C)N1. The number of nitrogens with one attached hydrogen (secondary N) is 1. The fraction of sp³-hybridized carbons (Fsp3) is 0.381. The molecule has 1 aliphatic rings. The Balaban J connectivity index is 2.87. The van der Waals surface area contributed by atoms with Crippen molar-refractivity contribution in [1.82, 2.24) is 5.32 Å². The van der Waals surface area contributed by atoms with E-state index in [1.807, 2.05) is 0 Å². The Morgan fingerprint density at radius 3 is 2.10 bits per heavy atom. The maximum absolute atomic E-state index is 13.0. The Hall–Kier alpha value is -3.78. The van der Waals surface area contributed by atoms with Crippen molar-refractivity contribution < 1.29 is 28.6 Å². The standard InChI is InChI=1S/C21H24N4O6/c1-5-29-19(26)15-12(4)23-18(21(28)31-7-3)17(20(27)30-6-2)16(15)13-10-8-9-11-14(13)24-25-22/h8-11,16,23H,5-7H2,1-4H3. The molecule has 0 bridgehead atoms. The summed E-state index contributed by atoms with van der Waals surface area (Å²) in [5, 5.41) is 6.50. The van der Waals surface area contributed by atoms with E-state index in [0.29, 0.717) is 11.3 Å². The van der Waals surface area contributed by atoms with Crippen LogP contribution in [0.25, 0.3) is 10.4 Å². The quantitative estimate of drug-likeness (QED) is 0.220. The van der Waals surface area contributed by atoms with Crippen LogP contribution in [0, 0.1) is 0 Å². The number of carbonyl (C=O) groups excluding carboxylic acids is 3. The summed E-state index contributed by atoms with van der Waals surface area (Å²) in [6, 6.07) is 6.46. The Kier molecular flexibility index (Phi) is 8.22. The van der Waals surface area contributed by atoms with E-state index in [1.165, 1.54) is 0 Å². The van der Waals surface area contributed by atoms with Crippen LogP contribution < -0.4 is 5.32 Å². The van der Waals surface area contributed by atoms with E-state index in [2.05, 4.69) is 15.3 Å². The highest BCUT2D eigenvalue weighted by Gasteiger charge is 2.41. The zero-order chi connectivity index (χ0) is 23.0. The highest BCUT2D eigenvalue weighted by Crippen LogP contribution is 2.43. The third kappa shape index (κ3) is 5.04. The van der Waals surface area contributed by atoms with E-state index in [1.54, 1.807) is 52.0 Å². The van der Waals surface area contributed by atoms with Crippen LogP contribution in [0.3, 0.4) is 0 Å². The van der Waals surface area contributed by atoms with Gasteiger partial charge < -0.3 is 19.5 Å². The fourth-order valence-electron chi connectivity index (χ4n) is 3.28. The molecule has 1 heterocycles. The molecular formula is C21H24N4O6. The van der Waals surface area contributed by atoms with Crippen molar-refractivity contribution in [2.24, 2.45) is 5.11 Å². The lowest BCUT2D eigenvalue weighted by atomic mass is 9.79. The van der Waals surface area contributed by atoms with Crippen LogP contribution in [0.15, 0.2) is 51.9 Å². The molecule has 0 spiro atoms. The third-order valence-corrected chi connectivity index (χ3v) is 4.43. The lowest BCUT2D eigenvalue weighted by Crippen LogP contribution is -2.36. The highest BCUT2D eigenvalue weighted by atomic mass is 16.5. The van der Waals surface area contributed by atoms with Crippen molar-refractivity contribution in [1.29, 1.82) is 0 Å². The van der Waals surface area contributed by atoms with Crippen LogP contribution >= 0.6 is 0 Å². The summed E-state index contributed by atoms with van der Waals surface area (Å²) >= 11 is 0. The monoisotopic (exact) mass is 428 g/mol. The van der Waals surface area contributed by atoms with Gasteiger partial charge in [0, 0.05) is 16.3 Å². The van der Waals surface area contributed by atoms with Crippen LogP contribution in [-0.2, 0) is 28.6 Å². The fourth-order valence-corrected chi connectivity index (χ4v) is 3.28. The van der Waals surface area contributed by atoms with Crippen LogP contribution in [-0.4, -0.2) is 37.7 Å². The van der Waals surface area contributed by atoms with E-state index in [4.69, 9.17) is 19.7 Å². The van der Waals surface area contributed by atoms with Crippen LogP contribution in [0.1, 0.15) is 39.2 Å². The molecule has 0 radical (unpaired) electrons. The van der Waals surface area contributed by atoms with Gasteiger partial charge in [0.15, 0.2) is 0 Å². The molecule has 0 saturated heterocycles. The van der Waals surface area contributed by atoms with Crippen molar-refractivity contribution in [3.8, 4) is 0 Å². The first-order valence-electron chi connectivity index (χ1n) is 9.78. The Morgan fingerprint density at radius 1 is 0.968 bits per heavy atom. The molecular weight excluding hydrogens is 404 g/mol. The summed E-state index contributed by atoms with van der Waals surface area (Å²) in [6.45, 7) is 6.70. The van der Waals surface area contributed by atoms with E-state index in [-0.39, 0.29) is 42.4 Å². The number of rotatable bonds is 8. The molecule has 10 heteroatoms. The molecule has 1 aliphatic heterocycles. The van der Waals surface area contributed by atoms with Crippen molar-refractivity contribution in [3.63, 3.8) is 0 Å². The average molecular weight is 428 g/mol. The number of hydrogen-bond donors (Lipinski definition) is 1. The molecule has 1 aromatic carbocycles. The minimum Gasteiger partial charge on any atom is -0.463 e. The summed E-state index contributed by atoms with van der Waals surface area (Å²) < 4.78 is 15.5. The van der Waals surface area contributed by atoms with Gasteiger partial charge in [-0.1, -0.05) is 29.4 Å². The predicted octanol–water partition coefficient (Wildman–Crippen LogP) is 3.53.